The normalized spacial score (nSPS) is 18.4. The van der Waals surface area contributed by atoms with Gasteiger partial charge in [0.25, 0.3) is 0 Å². The second-order valence-electron chi connectivity index (χ2n) is 4.33. The van der Waals surface area contributed by atoms with Gasteiger partial charge >= 0.3 is 0 Å². The molecule has 1 amide bonds. The number of primary amides is 1. The molecule has 1 aliphatic rings. The van der Waals surface area contributed by atoms with E-state index in [1.165, 1.54) is 0 Å². The molecule has 1 heterocycles. The van der Waals surface area contributed by atoms with Gasteiger partial charge in [0, 0.05) is 30.1 Å². The van der Waals surface area contributed by atoms with E-state index in [9.17, 15) is 9.59 Å². The number of carbonyl (C=O) groups is 2. The highest BCUT2D eigenvalue weighted by atomic mass is 16.1. The lowest BCUT2D eigenvalue weighted by atomic mass is 9.90. The molecule has 0 saturated carbocycles. The van der Waals surface area contributed by atoms with Gasteiger partial charge in [0.05, 0.1) is 0 Å². The van der Waals surface area contributed by atoms with Crippen LogP contribution in [0.1, 0.15) is 35.7 Å². The van der Waals surface area contributed by atoms with Crippen molar-refractivity contribution in [3.8, 4) is 0 Å². The van der Waals surface area contributed by atoms with E-state index in [2.05, 4.69) is 5.32 Å². The average molecular weight is 232 g/mol. The molecule has 1 aromatic carbocycles. The molecule has 0 aliphatic carbocycles. The van der Waals surface area contributed by atoms with Crippen LogP contribution in [0.2, 0.25) is 0 Å². The maximum Gasteiger partial charge on any atom is 0.219 e. The van der Waals surface area contributed by atoms with E-state index in [0.717, 1.165) is 23.2 Å². The Morgan fingerprint density at radius 1 is 1.53 bits per heavy atom. The molecular formula is C13H16N2O2. The molecule has 3 N–H and O–H groups in total. The minimum absolute atomic E-state index is 0.0995. The van der Waals surface area contributed by atoms with Crippen LogP contribution in [0.5, 0.6) is 0 Å². The zero-order chi connectivity index (χ0) is 12.4. The van der Waals surface area contributed by atoms with Crippen LogP contribution in [0, 0.1) is 0 Å². The minimum Gasteiger partial charge on any atom is -0.381 e. The van der Waals surface area contributed by atoms with Crippen LogP contribution < -0.4 is 11.1 Å². The van der Waals surface area contributed by atoms with E-state index < -0.39 is 0 Å². The average Bonchev–Trinajstić information content (AvgIpc) is 2.27. The highest BCUT2D eigenvalue weighted by molar-refractivity contribution is 6.05. The molecule has 17 heavy (non-hydrogen) atoms. The molecule has 0 aromatic heterocycles. The fourth-order valence-corrected chi connectivity index (χ4v) is 2.31. The molecule has 4 nitrogen and oxygen atoms in total. The second-order valence-corrected chi connectivity index (χ2v) is 4.33. The summed E-state index contributed by atoms with van der Waals surface area (Å²) in [5.41, 5.74) is 7.81. The first-order valence-electron chi connectivity index (χ1n) is 5.81. The van der Waals surface area contributed by atoms with Crippen molar-refractivity contribution < 1.29 is 9.59 Å². The van der Waals surface area contributed by atoms with Gasteiger partial charge < -0.3 is 11.1 Å². The fraction of sp³-hybridized carbons (Fsp3) is 0.385. The number of benzene rings is 1. The van der Waals surface area contributed by atoms with E-state index in [1.54, 1.807) is 0 Å². The molecule has 1 atom stereocenters. The van der Waals surface area contributed by atoms with E-state index in [1.807, 2.05) is 25.1 Å². The monoisotopic (exact) mass is 232 g/mol. The Bertz CT molecular complexity index is 468. The van der Waals surface area contributed by atoms with E-state index in [0.29, 0.717) is 6.42 Å². The zero-order valence-electron chi connectivity index (χ0n) is 9.82. The van der Waals surface area contributed by atoms with Gasteiger partial charge in [0.2, 0.25) is 5.91 Å². The maximum absolute atomic E-state index is 12.1. The number of Topliss-reactive ketones (excluding diaryl/α,β-unsaturated/α-hetero) is 1. The molecule has 2 rings (SSSR count). The number of nitrogens with one attached hydrogen (secondary N) is 1. The first-order chi connectivity index (χ1) is 8.11. The van der Waals surface area contributed by atoms with Crippen molar-refractivity contribution in [3.05, 3.63) is 29.3 Å². The van der Waals surface area contributed by atoms with Crippen molar-refractivity contribution in [1.29, 1.82) is 0 Å². The predicted molar refractivity (Wildman–Crippen MR) is 66.0 cm³/mol. The predicted octanol–water partition coefficient (Wildman–Crippen LogP) is 1.49. The van der Waals surface area contributed by atoms with Crippen molar-refractivity contribution in [2.75, 3.05) is 5.32 Å². The lowest BCUT2D eigenvalue weighted by molar-refractivity contribution is -0.118. The number of hydrogen-bond acceptors (Lipinski definition) is 3. The summed E-state index contributed by atoms with van der Waals surface area (Å²) in [6, 6.07) is 5.59. The largest absolute Gasteiger partial charge is 0.381 e. The van der Waals surface area contributed by atoms with Crippen molar-refractivity contribution in [3.63, 3.8) is 0 Å². The van der Waals surface area contributed by atoms with E-state index in [4.69, 9.17) is 5.73 Å². The summed E-state index contributed by atoms with van der Waals surface area (Å²) in [5.74, 6) is -0.284. The topological polar surface area (TPSA) is 72.2 Å². The molecule has 0 fully saturated rings. The van der Waals surface area contributed by atoms with E-state index >= 15 is 0 Å². The number of rotatable bonds is 3. The first kappa shape index (κ1) is 11.6. The van der Waals surface area contributed by atoms with Gasteiger partial charge in [-0.05, 0) is 18.1 Å². The zero-order valence-corrected chi connectivity index (χ0v) is 9.82. The molecule has 0 radical (unpaired) electrons. The number of hydrogen-bond donors (Lipinski definition) is 2. The number of amides is 1. The Balaban J connectivity index is 2.32. The van der Waals surface area contributed by atoms with Crippen LogP contribution in [0.4, 0.5) is 5.69 Å². The van der Waals surface area contributed by atoms with Gasteiger partial charge in [0.1, 0.15) is 0 Å². The number of aryl methyl sites for hydroxylation is 1. The second kappa shape index (κ2) is 4.57. The summed E-state index contributed by atoms with van der Waals surface area (Å²) in [7, 11) is 0. The van der Waals surface area contributed by atoms with Crippen molar-refractivity contribution in [2.24, 2.45) is 5.73 Å². The molecule has 4 heteroatoms. The van der Waals surface area contributed by atoms with E-state index in [-0.39, 0.29) is 24.2 Å². The van der Waals surface area contributed by atoms with Gasteiger partial charge in [-0.15, -0.1) is 0 Å². The summed E-state index contributed by atoms with van der Waals surface area (Å²) in [6.45, 7) is 2.03. The lowest BCUT2D eigenvalue weighted by Gasteiger charge is -2.26. The van der Waals surface area contributed by atoms with Crippen LogP contribution in [0.15, 0.2) is 18.2 Å². The Morgan fingerprint density at radius 3 is 2.94 bits per heavy atom. The SMILES string of the molecule is CCc1cccc2c1C(=O)CC(CC(N)=O)N2. The summed E-state index contributed by atoms with van der Waals surface area (Å²) in [6.07, 6.45) is 1.37. The molecular weight excluding hydrogens is 216 g/mol. The number of ketones is 1. The minimum atomic E-state index is -0.384. The number of fused-ring (bicyclic) bond motifs is 1. The molecule has 0 spiro atoms. The van der Waals surface area contributed by atoms with Gasteiger partial charge in [-0.3, -0.25) is 9.59 Å². The van der Waals surface area contributed by atoms with Gasteiger partial charge in [-0.2, -0.15) is 0 Å². The van der Waals surface area contributed by atoms with Crippen LogP contribution in [-0.2, 0) is 11.2 Å². The number of anilines is 1. The standard InChI is InChI=1S/C13H16N2O2/c1-2-8-4-3-5-10-13(8)11(16)6-9(15-10)7-12(14)17/h3-5,9,15H,2,6-7H2,1H3,(H2,14,17). The summed E-state index contributed by atoms with van der Waals surface area (Å²) >= 11 is 0. The first-order valence-corrected chi connectivity index (χ1v) is 5.81. The maximum atomic E-state index is 12.1. The van der Waals surface area contributed by atoms with Gasteiger partial charge in [0.15, 0.2) is 5.78 Å². The van der Waals surface area contributed by atoms with Crippen molar-refractivity contribution in [1.82, 2.24) is 0 Å². The number of nitrogens with two attached hydrogens (primary N) is 1. The highest BCUT2D eigenvalue weighted by Crippen LogP contribution is 2.29. The third-order valence-electron chi connectivity index (χ3n) is 3.05. The third-order valence-corrected chi connectivity index (χ3v) is 3.05. The lowest BCUT2D eigenvalue weighted by Crippen LogP contribution is -2.33. The Labute approximate surface area is 100 Å². The van der Waals surface area contributed by atoms with Crippen LogP contribution in [0.25, 0.3) is 0 Å². The van der Waals surface area contributed by atoms with Gasteiger partial charge in [-0.1, -0.05) is 19.1 Å². The van der Waals surface area contributed by atoms with Gasteiger partial charge in [-0.25, -0.2) is 0 Å². The van der Waals surface area contributed by atoms with Crippen molar-refractivity contribution >= 4 is 17.4 Å². The molecule has 1 unspecified atom stereocenters. The smallest absolute Gasteiger partial charge is 0.219 e. The van der Waals surface area contributed by atoms with Crippen LogP contribution >= 0.6 is 0 Å². The number of carbonyl (C=O) groups excluding carboxylic acids is 2. The van der Waals surface area contributed by atoms with Crippen LogP contribution in [-0.4, -0.2) is 17.7 Å². The highest BCUT2D eigenvalue weighted by Gasteiger charge is 2.26. The Kier molecular flexibility index (Phi) is 3.13. The summed E-state index contributed by atoms with van der Waals surface area (Å²) in [4.78, 5) is 22.9. The van der Waals surface area contributed by atoms with Crippen LogP contribution in [0.3, 0.4) is 0 Å². The Hall–Kier alpha value is -1.84. The Morgan fingerprint density at radius 2 is 2.29 bits per heavy atom. The molecule has 1 aliphatic heterocycles. The fourth-order valence-electron chi connectivity index (χ4n) is 2.31. The summed E-state index contributed by atoms with van der Waals surface area (Å²) < 4.78 is 0. The molecule has 0 bridgehead atoms. The quantitative estimate of drug-likeness (QED) is 0.829. The molecule has 90 valence electrons. The van der Waals surface area contributed by atoms with Crippen molar-refractivity contribution in [2.45, 2.75) is 32.2 Å². The third kappa shape index (κ3) is 2.30. The molecule has 0 saturated heterocycles. The summed E-state index contributed by atoms with van der Waals surface area (Å²) in [5, 5.41) is 3.21. The molecule has 1 aromatic rings.